The molecule has 1 aromatic rings. The van der Waals surface area contributed by atoms with Crippen molar-refractivity contribution in [2.75, 3.05) is 0 Å². The number of rotatable bonds is 3. The highest BCUT2D eigenvalue weighted by atomic mass is 19.3. The molecule has 0 N–H and O–H groups in total. The lowest BCUT2D eigenvalue weighted by atomic mass is 9.83. The van der Waals surface area contributed by atoms with Gasteiger partial charge in [-0.1, -0.05) is 30.3 Å². The molecule has 1 aliphatic carbocycles. The van der Waals surface area contributed by atoms with Gasteiger partial charge in [-0.25, -0.2) is 8.78 Å². The molecule has 0 nitrogen and oxygen atoms in total. The largest absolute Gasteiger partial charge is 0.248 e. The van der Waals surface area contributed by atoms with Crippen LogP contribution in [0.2, 0.25) is 0 Å². The van der Waals surface area contributed by atoms with Crippen molar-refractivity contribution in [3.8, 4) is 0 Å². The van der Waals surface area contributed by atoms with Gasteiger partial charge in [0.05, 0.1) is 0 Å². The van der Waals surface area contributed by atoms with Crippen LogP contribution < -0.4 is 0 Å². The van der Waals surface area contributed by atoms with Gasteiger partial charge in [0.1, 0.15) is 0 Å². The van der Waals surface area contributed by atoms with Crippen LogP contribution in [0.4, 0.5) is 8.78 Å². The second-order valence-electron chi connectivity index (χ2n) is 4.62. The summed E-state index contributed by atoms with van der Waals surface area (Å²) >= 11 is 0. The lowest BCUT2D eigenvalue weighted by Crippen LogP contribution is -2.25. The minimum absolute atomic E-state index is 0.0585. The zero-order valence-corrected chi connectivity index (χ0v) is 9.33. The van der Waals surface area contributed by atoms with Crippen LogP contribution >= 0.6 is 0 Å². The van der Waals surface area contributed by atoms with Crippen LogP contribution in [0.1, 0.15) is 31.2 Å². The van der Waals surface area contributed by atoms with E-state index in [4.69, 9.17) is 0 Å². The summed E-state index contributed by atoms with van der Waals surface area (Å²) < 4.78 is 25.9. The van der Waals surface area contributed by atoms with E-state index in [1.807, 2.05) is 18.2 Å². The van der Waals surface area contributed by atoms with Gasteiger partial charge >= 0.3 is 0 Å². The molecule has 0 heterocycles. The fourth-order valence-electron chi connectivity index (χ4n) is 2.22. The van der Waals surface area contributed by atoms with Crippen LogP contribution in [-0.4, -0.2) is 5.92 Å². The fraction of sp³-hybridized carbons (Fsp3) is 0.500. The van der Waals surface area contributed by atoms with Gasteiger partial charge in [-0.15, -0.1) is 0 Å². The van der Waals surface area contributed by atoms with Crippen LogP contribution in [0.3, 0.4) is 0 Å². The van der Waals surface area contributed by atoms with Gasteiger partial charge in [-0.05, 0) is 37.2 Å². The lowest BCUT2D eigenvalue weighted by Gasteiger charge is -2.27. The minimum atomic E-state index is -2.41. The topological polar surface area (TPSA) is 0 Å². The maximum atomic E-state index is 12.9. The molecule has 0 spiro atoms. The summed E-state index contributed by atoms with van der Waals surface area (Å²) in [6, 6.07) is 10.2. The van der Waals surface area contributed by atoms with Crippen LogP contribution in [0.5, 0.6) is 0 Å². The lowest BCUT2D eigenvalue weighted by molar-refractivity contribution is -0.0426. The Morgan fingerprint density at radius 2 is 1.75 bits per heavy atom. The molecule has 1 saturated carbocycles. The predicted molar refractivity (Wildman–Crippen MR) is 61.4 cm³/mol. The Morgan fingerprint density at radius 1 is 1.12 bits per heavy atom. The minimum Gasteiger partial charge on any atom is -0.207 e. The van der Waals surface area contributed by atoms with Crippen molar-refractivity contribution >= 4 is 0 Å². The summed E-state index contributed by atoms with van der Waals surface area (Å²) in [6.45, 7) is 0. The molecule has 2 rings (SSSR count). The molecule has 0 aromatic heterocycles. The molecule has 87 valence electrons. The first-order chi connectivity index (χ1) is 7.66. The van der Waals surface area contributed by atoms with Crippen LogP contribution in [0, 0.1) is 12.3 Å². The Balaban J connectivity index is 1.76. The third-order valence-corrected chi connectivity index (χ3v) is 3.29. The molecule has 0 amide bonds. The number of benzene rings is 1. The van der Waals surface area contributed by atoms with Crippen LogP contribution in [0.25, 0.3) is 0 Å². The smallest absolute Gasteiger partial charge is 0.207 e. The summed E-state index contributed by atoms with van der Waals surface area (Å²) in [7, 11) is 0. The number of hydrogen-bond acceptors (Lipinski definition) is 0. The summed E-state index contributed by atoms with van der Waals surface area (Å²) in [5.74, 6) is -2.03. The van der Waals surface area contributed by atoms with Gasteiger partial charge in [0.15, 0.2) is 0 Å². The molecule has 2 heteroatoms. The summed E-state index contributed by atoms with van der Waals surface area (Å²) in [5, 5.41) is 0. The summed E-state index contributed by atoms with van der Waals surface area (Å²) in [4.78, 5) is 0. The van der Waals surface area contributed by atoms with Crippen molar-refractivity contribution in [3.05, 3.63) is 42.3 Å². The van der Waals surface area contributed by atoms with E-state index in [-0.39, 0.29) is 12.8 Å². The van der Waals surface area contributed by atoms with Crippen molar-refractivity contribution in [2.24, 2.45) is 5.92 Å². The Labute approximate surface area is 95.7 Å². The predicted octanol–water partition coefficient (Wildman–Crippen LogP) is 4.26. The van der Waals surface area contributed by atoms with Gasteiger partial charge in [-0.2, -0.15) is 0 Å². The van der Waals surface area contributed by atoms with Crippen LogP contribution in [0.15, 0.2) is 30.3 Å². The number of alkyl halides is 2. The van der Waals surface area contributed by atoms with Crippen LogP contribution in [-0.2, 0) is 6.42 Å². The quantitative estimate of drug-likeness (QED) is 0.718. The van der Waals surface area contributed by atoms with Crippen molar-refractivity contribution in [1.82, 2.24) is 0 Å². The fourth-order valence-corrected chi connectivity index (χ4v) is 2.22. The molecule has 0 saturated heterocycles. The maximum Gasteiger partial charge on any atom is 0.248 e. The number of hydrogen-bond donors (Lipinski definition) is 0. The standard InChI is InChI=1S/C14H17F2/c15-14(16)10-8-13(9-11-14)7-6-12-4-2-1-3-5-12/h1-5,7,13H,6,8-11H2. The molecule has 1 radical (unpaired) electrons. The van der Waals surface area contributed by atoms with Gasteiger partial charge in [0.25, 0.3) is 0 Å². The first-order valence-electron chi connectivity index (χ1n) is 5.91. The average molecular weight is 223 g/mol. The Bertz CT molecular complexity index is 309. The zero-order chi connectivity index (χ0) is 11.4. The van der Waals surface area contributed by atoms with E-state index in [1.165, 1.54) is 5.56 Å². The molecule has 16 heavy (non-hydrogen) atoms. The van der Waals surface area contributed by atoms with Gasteiger partial charge in [0.2, 0.25) is 5.92 Å². The summed E-state index contributed by atoms with van der Waals surface area (Å²) in [5.41, 5.74) is 1.26. The van der Waals surface area contributed by atoms with Crippen molar-refractivity contribution < 1.29 is 8.78 Å². The highest BCUT2D eigenvalue weighted by Gasteiger charge is 2.34. The Morgan fingerprint density at radius 3 is 2.38 bits per heavy atom. The highest BCUT2D eigenvalue weighted by Crippen LogP contribution is 2.37. The third-order valence-electron chi connectivity index (χ3n) is 3.29. The van der Waals surface area contributed by atoms with Gasteiger partial charge in [0, 0.05) is 12.8 Å². The van der Waals surface area contributed by atoms with E-state index in [1.54, 1.807) is 0 Å². The van der Waals surface area contributed by atoms with E-state index in [0.29, 0.717) is 18.8 Å². The van der Waals surface area contributed by atoms with Crippen molar-refractivity contribution in [1.29, 1.82) is 0 Å². The third kappa shape index (κ3) is 3.29. The second kappa shape index (κ2) is 4.94. The van der Waals surface area contributed by atoms with Crippen molar-refractivity contribution in [3.63, 3.8) is 0 Å². The van der Waals surface area contributed by atoms with Gasteiger partial charge in [-0.3, -0.25) is 0 Å². The molecule has 1 fully saturated rings. The number of halogens is 2. The normalized spacial score (nSPS) is 20.9. The summed E-state index contributed by atoms with van der Waals surface area (Å²) in [6.07, 6.45) is 4.49. The highest BCUT2D eigenvalue weighted by molar-refractivity contribution is 5.16. The maximum absolute atomic E-state index is 12.9. The molecule has 1 aliphatic rings. The second-order valence-corrected chi connectivity index (χ2v) is 4.62. The average Bonchev–Trinajstić information content (AvgIpc) is 2.29. The molecular formula is C14H17F2. The van der Waals surface area contributed by atoms with Crippen molar-refractivity contribution in [2.45, 2.75) is 38.0 Å². The van der Waals surface area contributed by atoms with Gasteiger partial charge < -0.3 is 0 Å². The van der Waals surface area contributed by atoms with E-state index in [0.717, 1.165) is 6.42 Å². The van der Waals surface area contributed by atoms with E-state index >= 15 is 0 Å². The molecule has 0 bridgehead atoms. The molecule has 0 atom stereocenters. The molecular weight excluding hydrogens is 206 g/mol. The molecule has 0 aliphatic heterocycles. The van der Waals surface area contributed by atoms with E-state index in [9.17, 15) is 8.78 Å². The van der Waals surface area contributed by atoms with E-state index in [2.05, 4.69) is 18.6 Å². The first kappa shape index (κ1) is 11.6. The Kier molecular flexibility index (Phi) is 3.57. The van der Waals surface area contributed by atoms with E-state index < -0.39 is 5.92 Å². The monoisotopic (exact) mass is 223 g/mol. The first-order valence-corrected chi connectivity index (χ1v) is 5.91. The Hall–Kier alpha value is -0.920. The molecule has 1 aromatic carbocycles. The SMILES string of the molecule is FC1(F)CCC([CH]Cc2ccccc2)CC1. The molecule has 0 unspecified atom stereocenters. The zero-order valence-electron chi connectivity index (χ0n) is 9.33.